The van der Waals surface area contributed by atoms with Gasteiger partial charge in [0, 0.05) is 0 Å². The van der Waals surface area contributed by atoms with Gasteiger partial charge in [0.25, 0.3) is 10.0 Å². The van der Waals surface area contributed by atoms with E-state index in [1.807, 2.05) is 0 Å². The maximum absolute atomic E-state index is 12.5. The standard InChI is InChI=1S/C15H12Cl3NO2S/c1-9(2)10-5-3-8-13(14(10)18)19-22(20,21)15-11(16)6-4-7-12(15)17/h3-8,19H,1H2,2H3. The molecule has 7 heteroatoms. The number of allylic oxidation sites excluding steroid dienone is 1. The maximum Gasteiger partial charge on any atom is 0.264 e. The van der Waals surface area contributed by atoms with Crippen LogP contribution in [0.2, 0.25) is 15.1 Å². The average molecular weight is 377 g/mol. The minimum Gasteiger partial charge on any atom is -0.278 e. The summed E-state index contributed by atoms with van der Waals surface area (Å²) in [6, 6.07) is 9.46. The number of anilines is 1. The largest absolute Gasteiger partial charge is 0.278 e. The van der Waals surface area contributed by atoms with Gasteiger partial charge in [0.2, 0.25) is 0 Å². The van der Waals surface area contributed by atoms with Crippen LogP contribution in [0.1, 0.15) is 12.5 Å². The van der Waals surface area contributed by atoms with E-state index in [9.17, 15) is 8.42 Å². The van der Waals surface area contributed by atoms with E-state index < -0.39 is 10.0 Å². The molecule has 2 aromatic rings. The summed E-state index contributed by atoms with van der Waals surface area (Å²) in [7, 11) is -3.97. The van der Waals surface area contributed by atoms with Crippen molar-refractivity contribution in [2.75, 3.05) is 4.72 Å². The predicted octanol–water partition coefficient (Wildman–Crippen LogP) is 5.48. The molecule has 0 amide bonds. The number of nitrogens with one attached hydrogen (secondary N) is 1. The average Bonchev–Trinajstić information content (AvgIpc) is 2.40. The predicted molar refractivity (Wildman–Crippen MR) is 93.4 cm³/mol. The van der Waals surface area contributed by atoms with Crippen molar-refractivity contribution in [3.8, 4) is 0 Å². The van der Waals surface area contributed by atoms with Crippen LogP contribution in [0.15, 0.2) is 47.9 Å². The lowest BCUT2D eigenvalue weighted by molar-refractivity contribution is 0.601. The van der Waals surface area contributed by atoms with E-state index in [-0.39, 0.29) is 25.7 Å². The minimum atomic E-state index is -3.97. The molecule has 22 heavy (non-hydrogen) atoms. The van der Waals surface area contributed by atoms with Crippen molar-refractivity contribution in [2.45, 2.75) is 11.8 Å². The highest BCUT2D eigenvalue weighted by molar-refractivity contribution is 7.93. The van der Waals surface area contributed by atoms with E-state index in [1.165, 1.54) is 12.1 Å². The van der Waals surface area contributed by atoms with Gasteiger partial charge in [-0.1, -0.05) is 59.6 Å². The van der Waals surface area contributed by atoms with Gasteiger partial charge in [0.15, 0.2) is 0 Å². The van der Waals surface area contributed by atoms with Crippen LogP contribution in [0.4, 0.5) is 5.69 Å². The third-order valence-corrected chi connectivity index (χ3v) is 5.62. The molecule has 0 aliphatic carbocycles. The first kappa shape index (κ1) is 17.2. The summed E-state index contributed by atoms with van der Waals surface area (Å²) in [5.41, 5.74) is 1.62. The van der Waals surface area contributed by atoms with Gasteiger partial charge in [-0.05, 0) is 36.3 Å². The normalized spacial score (nSPS) is 11.3. The SMILES string of the molecule is C=C(C)c1cccc(NS(=O)(=O)c2c(Cl)cccc2Cl)c1Cl. The van der Waals surface area contributed by atoms with Crippen molar-refractivity contribution in [1.82, 2.24) is 0 Å². The topological polar surface area (TPSA) is 46.2 Å². The molecular formula is C15H12Cl3NO2S. The Balaban J connectivity index is 2.51. The van der Waals surface area contributed by atoms with Crippen molar-refractivity contribution in [3.63, 3.8) is 0 Å². The van der Waals surface area contributed by atoms with Crippen LogP contribution in [-0.4, -0.2) is 8.42 Å². The summed E-state index contributed by atoms with van der Waals surface area (Å²) in [6.07, 6.45) is 0. The summed E-state index contributed by atoms with van der Waals surface area (Å²) in [6.45, 7) is 5.59. The molecule has 0 fully saturated rings. The van der Waals surface area contributed by atoms with E-state index in [2.05, 4.69) is 11.3 Å². The molecule has 1 N–H and O–H groups in total. The van der Waals surface area contributed by atoms with Gasteiger partial charge in [-0.2, -0.15) is 0 Å². The van der Waals surface area contributed by atoms with Crippen molar-refractivity contribution in [2.24, 2.45) is 0 Å². The fourth-order valence-corrected chi connectivity index (χ4v) is 4.48. The van der Waals surface area contributed by atoms with Crippen molar-refractivity contribution >= 4 is 56.1 Å². The number of hydrogen-bond acceptors (Lipinski definition) is 2. The quantitative estimate of drug-likeness (QED) is 0.768. The van der Waals surface area contributed by atoms with Crippen molar-refractivity contribution in [1.29, 1.82) is 0 Å². The van der Waals surface area contributed by atoms with Crippen molar-refractivity contribution in [3.05, 3.63) is 63.6 Å². The molecule has 0 atom stereocenters. The van der Waals surface area contributed by atoms with Crippen molar-refractivity contribution < 1.29 is 8.42 Å². The lowest BCUT2D eigenvalue weighted by Crippen LogP contribution is -2.14. The molecule has 0 heterocycles. The monoisotopic (exact) mass is 375 g/mol. The van der Waals surface area contributed by atoms with Crippen LogP contribution in [0.3, 0.4) is 0 Å². The fourth-order valence-electron chi connectivity index (χ4n) is 1.88. The minimum absolute atomic E-state index is 0.0344. The molecule has 2 aromatic carbocycles. The first-order valence-electron chi connectivity index (χ1n) is 6.15. The second-order valence-electron chi connectivity index (χ2n) is 4.60. The third-order valence-electron chi connectivity index (χ3n) is 2.89. The highest BCUT2D eigenvalue weighted by Crippen LogP contribution is 2.34. The van der Waals surface area contributed by atoms with Gasteiger partial charge in [-0.3, -0.25) is 4.72 Å². The summed E-state index contributed by atoms with van der Waals surface area (Å²) in [5, 5.41) is 0.334. The third kappa shape index (κ3) is 3.41. The summed E-state index contributed by atoms with van der Waals surface area (Å²) < 4.78 is 27.4. The number of hydrogen-bond donors (Lipinski definition) is 1. The Hall–Kier alpha value is -1.20. The Morgan fingerprint density at radius 3 is 2.14 bits per heavy atom. The molecule has 2 rings (SSSR count). The van der Waals surface area contributed by atoms with Crippen LogP contribution < -0.4 is 4.72 Å². The molecule has 0 aliphatic rings. The van der Waals surface area contributed by atoms with Gasteiger partial charge < -0.3 is 0 Å². The second-order valence-corrected chi connectivity index (χ2v) is 7.42. The zero-order valence-electron chi connectivity index (χ0n) is 11.5. The fraction of sp³-hybridized carbons (Fsp3) is 0.0667. The lowest BCUT2D eigenvalue weighted by atomic mass is 10.1. The molecule has 0 saturated heterocycles. The smallest absolute Gasteiger partial charge is 0.264 e. The molecule has 0 unspecified atom stereocenters. The zero-order valence-corrected chi connectivity index (χ0v) is 14.6. The Labute approximate surface area is 144 Å². The maximum atomic E-state index is 12.5. The summed E-state index contributed by atoms with van der Waals surface area (Å²) >= 11 is 18.1. The molecule has 0 aliphatic heterocycles. The van der Waals surface area contributed by atoms with Gasteiger partial charge in [-0.15, -0.1) is 0 Å². The molecule has 116 valence electrons. The zero-order chi connectivity index (χ0) is 16.5. The molecule has 0 bridgehead atoms. The van der Waals surface area contributed by atoms with Crippen LogP contribution in [0.5, 0.6) is 0 Å². The second kappa shape index (κ2) is 6.50. The van der Waals surface area contributed by atoms with E-state index >= 15 is 0 Å². The van der Waals surface area contributed by atoms with E-state index in [1.54, 1.807) is 31.2 Å². The number of sulfonamides is 1. The van der Waals surface area contributed by atoms with Gasteiger partial charge in [-0.25, -0.2) is 8.42 Å². The van der Waals surface area contributed by atoms with Crippen LogP contribution >= 0.6 is 34.8 Å². The number of rotatable bonds is 4. The van der Waals surface area contributed by atoms with Crippen LogP contribution in [0, 0.1) is 0 Å². The Morgan fingerprint density at radius 2 is 1.59 bits per heavy atom. The van der Waals surface area contributed by atoms with Gasteiger partial charge in [0.1, 0.15) is 4.90 Å². The molecule has 0 aromatic heterocycles. The van der Waals surface area contributed by atoms with E-state index in [4.69, 9.17) is 34.8 Å². The van der Waals surface area contributed by atoms with Gasteiger partial charge >= 0.3 is 0 Å². The summed E-state index contributed by atoms with van der Waals surface area (Å²) in [5.74, 6) is 0. The van der Waals surface area contributed by atoms with E-state index in [0.29, 0.717) is 5.56 Å². The van der Waals surface area contributed by atoms with E-state index in [0.717, 1.165) is 5.57 Å². The molecule has 0 radical (unpaired) electrons. The summed E-state index contributed by atoms with van der Waals surface area (Å²) in [4.78, 5) is -0.185. The highest BCUT2D eigenvalue weighted by Gasteiger charge is 2.23. The first-order valence-corrected chi connectivity index (χ1v) is 8.77. The lowest BCUT2D eigenvalue weighted by Gasteiger charge is -2.14. The van der Waals surface area contributed by atoms with Gasteiger partial charge in [0.05, 0.1) is 20.8 Å². The Kier molecular flexibility index (Phi) is 5.07. The number of halogens is 3. The molecule has 0 spiro atoms. The highest BCUT2D eigenvalue weighted by atomic mass is 35.5. The van der Waals surface area contributed by atoms with Crippen LogP contribution in [-0.2, 0) is 10.0 Å². The first-order chi connectivity index (χ1) is 10.2. The van der Waals surface area contributed by atoms with Crippen LogP contribution in [0.25, 0.3) is 5.57 Å². The Bertz CT molecular complexity index is 828. The number of benzene rings is 2. The molecule has 0 saturated carbocycles. The molecular weight excluding hydrogens is 365 g/mol. The Morgan fingerprint density at radius 1 is 1.05 bits per heavy atom. The molecule has 3 nitrogen and oxygen atoms in total.